The summed E-state index contributed by atoms with van der Waals surface area (Å²) in [7, 11) is 0. The Kier molecular flexibility index (Phi) is 4.53. The number of nitrogens with one attached hydrogen (secondary N) is 1. The van der Waals surface area contributed by atoms with Crippen molar-refractivity contribution in [2.45, 2.75) is 20.1 Å². The molecule has 0 aliphatic rings. The summed E-state index contributed by atoms with van der Waals surface area (Å²) < 4.78 is 13.4. The molecule has 0 aliphatic heterocycles. The van der Waals surface area contributed by atoms with Gasteiger partial charge in [-0.2, -0.15) is 0 Å². The van der Waals surface area contributed by atoms with Gasteiger partial charge in [0.05, 0.1) is 12.1 Å². The molecule has 0 fully saturated rings. The monoisotopic (exact) mass is 324 g/mol. The standard InChI is InChI=1S/C19H17FN2O2/c1-12-2-4-14-9-15(5-7-18(14)22-12)19(24)21-10-13-3-6-17(20)16(8-13)11-23/h2-9,23H,10-11H2,1H3,(H,21,24). The van der Waals surface area contributed by atoms with Crippen LogP contribution < -0.4 is 5.32 Å². The molecule has 0 spiro atoms. The van der Waals surface area contributed by atoms with Gasteiger partial charge in [-0.1, -0.05) is 12.1 Å². The Balaban J connectivity index is 1.74. The maximum absolute atomic E-state index is 13.4. The number of aromatic nitrogens is 1. The molecule has 0 aliphatic carbocycles. The summed E-state index contributed by atoms with van der Waals surface area (Å²) in [5.41, 5.74) is 3.26. The molecule has 0 saturated heterocycles. The van der Waals surface area contributed by atoms with Crippen LogP contribution in [0.15, 0.2) is 48.5 Å². The lowest BCUT2D eigenvalue weighted by molar-refractivity contribution is 0.0951. The molecule has 2 aromatic carbocycles. The summed E-state index contributed by atoms with van der Waals surface area (Å²) in [4.78, 5) is 16.7. The third-order valence-electron chi connectivity index (χ3n) is 3.82. The number of fused-ring (bicyclic) bond motifs is 1. The smallest absolute Gasteiger partial charge is 0.251 e. The number of amides is 1. The molecule has 3 rings (SSSR count). The van der Waals surface area contributed by atoms with E-state index in [2.05, 4.69) is 10.3 Å². The van der Waals surface area contributed by atoms with E-state index in [1.165, 1.54) is 6.07 Å². The zero-order valence-electron chi connectivity index (χ0n) is 13.2. The van der Waals surface area contributed by atoms with Crippen LogP contribution in [0.4, 0.5) is 4.39 Å². The van der Waals surface area contributed by atoms with Crippen LogP contribution in [0.5, 0.6) is 0 Å². The first-order chi connectivity index (χ1) is 11.6. The zero-order valence-corrected chi connectivity index (χ0v) is 13.2. The largest absolute Gasteiger partial charge is 0.392 e. The van der Waals surface area contributed by atoms with E-state index in [1.54, 1.807) is 24.3 Å². The molecule has 24 heavy (non-hydrogen) atoms. The van der Waals surface area contributed by atoms with E-state index in [9.17, 15) is 9.18 Å². The Morgan fingerprint density at radius 3 is 2.79 bits per heavy atom. The highest BCUT2D eigenvalue weighted by molar-refractivity contribution is 5.97. The van der Waals surface area contributed by atoms with Gasteiger partial charge in [0.2, 0.25) is 0 Å². The lowest BCUT2D eigenvalue weighted by atomic mass is 10.1. The molecule has 0 atom stereocenters. The summed E-state index contributed by atoms with van der Waals surface area (Å²) in [5.74, 6) is -0.669. The van der Waals surface area contributed by atoms with Crippen LogP contribution in [0.3, 0.4) is 0 Å². The number of rotatable bonds is 4. The van der Waals surface area contributed by atoms with Gasteiger partial charge >= 0.3 is 0 Å². The second-order valence-electron chi connectivity index (χ2n) is 5.63. The van der Waals surface area contributed by atoms with Gasteiger partial charge < -0.3 is 10.4 Å². The molecule has 0 bridgehead atoms. The Hall–Kier alpha value is -2.79. The number of nitrogens with zero attached hydrogens (tertiary/aromatic N) is 1. The Labute approximate surface area is 139 Å². The van der Waals surface area contributed by atoms with E-state index in [0.717, 1.165) is 22.2 Å². The summed E-state index contributed by atoms with van der Waals surface area (Å²) >= 11 is 0. The van der Waals surface area contributed by atoms with Crippen molar-refractivity contribution in [2.24, 2.45) is 0 Å². The van der Waals surface area contributed by atoms with Crippen molar-refractivity contribution in [1.29, 1.82) is 0 Å². The third kappa shape index (κ3) is 3.41. The summed E-state index contributed by atoms with van der Waals surface area (Å²) in [6.45, 7) is 1.81. The Morgan fingerprint density at radius 1 is 1.17 bits per heavy atom. The van der Waals surface area contributed by atoms with E-state index in [0.29, 0.717) is 5.56 Å². The van der Waals surface area contributed by atoms with E-state index >= 15 is 0 Å². The van der Waals surface area contributed by atoms with Gasteiger partial charge in [0, 0.05) is 28.8 Å². The first-order valence-corrected chi connectivity index (χ1v) is 7.60. The van der Waals surface area contributed by atoms with Crippen LogP contribution >= 0.6 is 0 Å². The van der Waals surface area contributed by atoms with Gasteiger partial charge in [0.15, 0.2) is 0 Å². The minimum atomic E-state index is -0.454. The lowest BCUT2D eigenvalue weighted by Gasteiger charge is -2.08. The predicted molar refractivity (Wildman–Crippen MR) is 90.0 cm³/mol. The van der Waals surface area contributed by atoms with Crippen LogP contribution in [0.25, 0.3) is 10.9 Å². The minimum absolute atomic E-state index is 0.215. The van der Waals surface area contributed by atoms with Crippen LogP contribution in [0.1, 0.15) is 27.2 Å². The highest BCUT2D eigenvalue weighted by Crippen LogP contribution is 2.15. The van der Waals surface area contributed by atoms with E-state index in [4.69, 9.17) is 5.11 Å². The predicted octanol–water partition coefficient (Wildman–Crippen LogP) is 3.10. The first kappa shape index (κ1) is 16.1. The maximum atomic E-state index is 13.4. The molecule has 122 valence electrons. The summed E-state index contributed by atoms with van der Waals surface area (Å²) in [6.07, 6.45) is 0. The maximum Gasteiger partial charge on any atom is 0.251 e. The van der Waals surface area contributed by atoms with E-state index in [-0.39, 0.29) is 24.6 Å². The number of aliphatic hydroxyl groups excluding tert-OH is 1. The molecule has 5 heteroatoms. The van der Waals surface area contributed by atoms with Crippen molar-refractivity contribution in [1.82, 2.24) is 10.3 Å². The van der Waals surface area contributed by atoms with Gasteiger partial charge in [0.1, 0.15) is 5.82 Å². The van der Waals surface area contributed by atoms with Crippen molar-refractivity contribution in [3.05, 3.63) is 76.7 Å². The van der Waals surface area contributed by atoms with Crippen LogP contribution in [0, 0.1) is 12.7 Å². The van der Waals surface area contributed by atoms with Gasteiger partial charge in [0.25, 0.3) is 5.91 Å². The van der Waals surface area contributed by atoms with Gasteiger partial charge in [-0.05, 0) is 48.9 Å². The van der Waals surface area contributed by atoms with Crippen molar-refractivity contribution in [3.8, 4) is 0 Å². The number of aliphatic hydroxyl groups is 1. The fourth-order valence-electron chi connectivity index (χ4n) is 2.51. The number of hydrogen-bond acceptors (Lipinski definition) is 3. The number of pyridine rings is 1. The molecule has 3 aromatic rings. The second kappa shape index (κ2) is 6.76. The number of carbonyl (C=O) groups excluding carboxylic acids is 1. The molecule has 4 nitrogen and oxygen atoms in total. The highest BCUT2D eigenvalue weighted by atomic mass is 19.1. The molecule has 1 aromatic heterocycles. The fraction of sp³-hybridized carbons (Fsp3) is 0.158. The van der Waals surface area contributed by atoms with Crippen molar-refractivity contribution in [2.75, 3.05) is 0 Å². The van der Waals surface area contributed by atoms with E-state index in [1.807, 2.05) is 25.1 Å². The van der Waals surface area contributed by atoms with Gasteiger partial charge in [-0.25, -0.2) is 4.39 Å². The lowest BCUT2D eigenvalue weighted by Crippen LogP contribution is -2.22. The molecule has 0 unspecified atom stereocenters. The normalized spacial score (nSPS) is 10.8. The average Bonchev–Trinajstić information content (AvgIpc) is 2.60. The average molecular weight is 324 g/mol. The van der Waals surface area contributed by atoms with Crippen LogP contribution in [-0.4, -0.2) is 16.0 Å². The zero-order chi connectivity index (χ0) is 17.1. The number of halogens is 1. The SMILES string of the molecule is Cc1ccc2cc(C(=O)NCc3ccc(F)c(CO)c3)ccc2n1. The van der Waals surface area contributed by atoms with Crippen LogP contribution in [0.2, 0.25) is 0 Å². The Morgan fingerprint density at radius 2 is 2.00 bits per heavy atom. The summed E-state index contributed by atoms with van der Waals surface area (Å²) in [5, 5.41) is 12.8. The minimum Gasteiger partial charge on any atom is -0.392 e. The van der Waals surface area contributed by atoms with Crippen LogP contribution in [-0.2, 0) is 13.2 Å². The molecular weight excluding hydrogens is 307 g/mol. The molecule has 1 amide bonds. The summed E-state index contributed by atoms with van der Waals surface area (Å²) in [6, 6.07) is 13.6. The van der Waals surface area contributed by atoms with Gasteiger partial charge in [-0.3, -0.25) is 9.78 Å². The molecule has 2 N–H and O–H groups in total. The van der Waals surface area contributed by atoms with Gasteiger partial charge in [-0.15, -0.1) is 0 Å². The Bertz CT molecular complexity index is 909. The van der Waals surface area contributed by atoms with Crippen molar-refractivity contribution < 1.29 is 14.3 Å². The van der Waals surface area contributed by atoms with E-state index < -0.39 is 5.82 Å². The number of benzene rings is 2. The molecular formula is C19H17FN2O2. The molecule has 1 heterocycles. The third-order valence-corrected chi connectivity index (χ3v) is 3.82. The van der Waals surface area contributed by atoms with Crippen molar-refractivity contribution in [3.63, 3.8) is 0 Å². The number of aryl methyl sites for hydroxylation is 1. The first-order valence-electron chi connectivity index (χ1n) is 7.60. The molecule has 0 radical (unpaired) electrons. The second-order valence-corrected chi connectivity index (χ2v) is 5.63. The molecule has 0 saturated carbocycles. The quantitative estimate of drug-likeness (QED) is 0.775. The highest BCUT2D eigenvalue weighted by Gasteiger charge is 2.08. The topological polar surface area (TPSA) is 62.2 Å². The number of carbonyl (C=O) groups is 1. The fourth-order valence-corrected chi connectivity index (χ4v) is 2.51. The van der Waals surface area contributed by atoms with Crippen molar-refractivity contribution >= 4 is 16.8 Å². The number of hydrogen-bond donors (Lipinski definition) is 2.